The first-order valence-electron chi connectivity index (χ1n) is 6.17. The van der Waals surface area contributed by atoms with Gasteiger partial charge in [-0.05, 0) is 39.0 Å². The summed E-state index contributed by atoms with van der Waals surface area (Å²) in [6, 6.07) is 5.83. The van der Waals surface area contributed by atoms with E-state index in [0.717, 1.165) is 23.1 Å². The maximum Gasteiger partial charge on any atom is 0.208 e. The molecule has 1 aromatic heterocycles. The molecule has 1 aromatic carbocycles. The molecule has 0 saturated carbocycles. The van der Waals surface area contributed by atoms with Crippen molar-refractivity contribution < 1.29 is 4.74 Å². The number of benzene rings is 1. The lowest BCUT2D eigenvalue weighted by molar-refractivity contribution is 0.413. The molecule has 1 heterocycles. The molecule has 1 N–H and O–H groups in total. The fourth-order valence-electron chi connectivity index (χ4n) is 1.89. The van der Waals surface area contributed by atoms with Crippen molar-refractivity contribution in [1.29, 1.82) is 0 Å². The zero-order valence-electron chi connectivity index (χ0n) is 11.6. The molecule has 0 spiro atoms. The first kappa shape index (κ1) is 13.7. The number of methoxy groups -OCH3 is 1. The van der Waals surface area contributed by atoms with Crippen LogP contribution >= 0.6 is 11.6 Å². The van der Waals surface area contributed by atoms with Crippen LogP contribution < -0.4 is 10.1 Å². The highest BCUT2D eigenvalue weighted by molar-refractivity contribution is 6.30. The normalized spacial score (nSPS) is 10.8. The molecule has 2 aromatic rings. The van der Waals surface area contributed by atoms with Crippen LogP contribution in [0.2, 0.25) is 5.02 Å². The average molecular weight is 280 g/mol. The minimum absolute atomic E-state index is 0.297. The summed E-state index contributed by atoms with van der Waals surface area (Å²) in [5.41, 5.74) is 1.81. The molecule has 102 valence electrons. The van der Waals surface area contributed by atoms with E-state index < -0.39 is 0 Å². The highest BCUT2D eigenvalue weighted by atomic mass is 35.5. The van der Waals surface area contributed by atoms with E-state index in [1.54, 1.807) is 7.11 Å². The fraction of sp³-hybridized carbons (Fsp3) is 0.357. The van der Waals surface area contributed by atoms with Gasteiger partial charge in [-0.3, -0.25) is 4.57 Å². The van der Waals surface area contributed by atoms with Crippen LogP contribution in [-0.4, -0.2) is 22.7 Å². The minimum atomic E-state index is 0.297. The number of anilines is 1. The average Bonchev–Trinajstić information content (AvgIpc) is 2.69. The molecular formula is C14H18ClN3O. The molecule has 19 heavy (non-hydrogen) atoms. The molecule has 0 aliphatic rings. The van der Waals surface area contributed by atoms with Crippen LogP contribution in [0.4, 0.5) is 5.95 Å². The first-order chi connectivity index (χ1) is 9.01. The van der Waals surface area contributed by atoms with E-state index in [9.17, 15) is 0 Å². The van der Waals surface area contributed by atoms with Crippen molar-refractivity contribution in [2.75, 3.05) is 12.4 Å². The molecular weight excluding hydrogens is 262 g/mol. The molecule has 0 fully saturated rings. The smallest absolute Gasteiger partial charge is 0.208 e. The van der Waals surface area contributed by atoms with E-state index >= 15 is 0 Å². The summed E-state index contributed by atoms with van der Waals surface area (Å²) in [6.07, 6.45) is 1.96. The van der Waals surface area contributed by atoms with Crippen molar-refractivity contribution in [2.24, 2.45) is 0 Å². The van der Waals surface area contributed by atoms with Gasteiger partial charge in [-0.2, -0.15) is 0 Å². The number of hydrogen-bond acceptors (Lipinski definition) is 3. The van der Waals surface area contributed by atoms with Gasteiger partial charge in [-0.15, -0.1) is 0 Å². The first-order valence-corrected chi connectivity index (χ1v) is 6.55. The standard InChI is InChI=1S/C14H18ClN3O/c1-9(2)16-14-17-10(3)8-18(14)12-7-11(15)5-6-13(12)19-4/h5-9H,1-4H3,(H,16,17). The van der Waals surface area contributed by atoms with E-state index in [4.69, 9.17) is 16.3 Å². The van der Waals surface area contributed by atoms with Crippen LogP contribution in [0.5, 0.6) is 5.75 Å². The Morgan fingerprint density at radius 2 is 2.11 bits per heavy atom. The van der Waals surface area contributed by atoms with Gasteiger partial charge in [-0.1, -0.05) is 11.6 Å². The number of rotatable bonds is 4. The van der Waals surface area contributed by atoms with Gasteiger partial charge < -0.3 is 10.1 Å². The number of hydrogen-bond donors (Lipinski definition) is 1. The summed E-state index contributed by atoms with van der Waals surface area (Å²) in [7, 11) is 1.64. The van der Waals surface area contributed by atoms with E-state index in [2.05, 4.69) is 24.1 Å². The van der Waals surface area contributed by atoms with Gasteiger partial charge in [0.05, 0.1) is 18.5 Å². The molecule has 2 rings (SSSR count). The monoisotopic (exact) mass is 279 g/mol. The number of nitrogens with one attached hydrogen (secondary N) is 1. The second kappa shape index (κ2) is 5.53. The number of ether oxygens (including phenoxy) is 1. The maximum atomic E-state index is 6.08. The number of aromatic nitrogens is 2. The lowest BCUT2D eigenvalue weighted by atomic mass is 10.3. The number of nitrogens with zero attached hydrogens (tertiary/aromatic N) is 2. The largest absolute Gasteiger partial charge is 0.495 e. The maximum absolute atomic E-state index is 6.08. The molecule has 0 saturated heterocycles. The zero-order valence-corrected chi connectivity index (χ0v) is 12.3. The fourth-order valence-corrected chi connectivity index (χ4v) is 2.06. The Hall–Kier alpha value is -1.68. The Balaban J connectivity index is 2.54. The second-order valence-electron chi connectivity index (χ2n) is 4.69. The minimum Gasteiger partial charge on any atom is -0.495 e. The Morgan fingerprint density at radius 3 is 2.74 bits per heavy atom. The van der Waals surface area contributed by atoms with Gasteiger partial charge in [0.2, 0.25) is 5.95 Å². The van der Waals surface area contributed by atoms with Crippen LogP contribution in [0.1, 0.15) is 19.5 Å². The highest BCUT2D eigenvalue weighted by Crippen LogP contribution is 2.29. The van der Waals surface area contributed by atoms with Gasteiger partial charge in [0, 0.05) is 17.3 Å². The topological polar surface area (TPSA) is 39.1 Å². The third-order valence-electron chi connectivity index (χ3n) is 2.64. The van der Waals surface area contributed by atoms with Crippen LogP contribution in [0.25, 0.3) is 5.69 Å². The van der Waals surface area contributed by atoms with Gasteiger partial charge in [0.15, 0.2) is 0 Å². The van der Waals surface area contributed by atoms with Crippen LogP contribution in [0.15, 0.2) is 24.4 Å². The molecule has 0 aliphatic carbocycles. The Kier molecular flexibility index (Phi) is 4.00. The Labute approximate surface area is 118 Å². The summed E-state index contributed by atoms with van der Waals surface area (Å²) in [6.45, 7) is 6.10. The predicted octanol–water partition coefficient (Wildman–Crippen LogP) is 3.66. The molecule has 0 unspecified atom stereocenters. The molecule has 0 amide bonds. The molecule has 5 heteroatoms. The third-order valence-corrected chi connectivity index (χ3v) is 2.88. The molecule has 0 aliphatic heterocycles. The van der Waals surface area contributed by atoms with Crippen molar-refractivity contribution in [3.05, 3.63) is 35.1 Å². The molecule has 0 atom stereocenters. The van der Waals surface area contributed by atoms with Crippen LogP contribution in [0, 0.1) is 6.92 Å². The van der Waals surface area contributed by atoms with E-state index in [-0.39, 0.29) is 0 Å². The summed E-state index contributed by atoms with van der Waals surface area (Å²) in [4.78, 5) is 4.49. The second-order valence-corrected chi connectivity index (χ2v) is 5.13. The van der Waals surface area contributed by atoms with Crippen molar-refractivity contribution in [3.63, 3.8) is 0 Å². The highest BCUT2D eigenvalue weighted by Gasteiger charge is 2.13. The third kappa shape index (κ3) is 3.01. The molecule has 0 radical (unpaired) electrons. The Bertz CT molecular complexity index is 578. The lowest BCUT2D eigenvalue weighted by Crippen LogP contribution is -2.14. The summed E-state index contributed by atoms with van der Waals surface area (Å²) in [5.74, 6) is 1.54. The van der Waals surface area contributed by atoms with Crippen molar-refractivity contribution in [1.82, 2.24) is 9.55 Å². The SMILES string of the molecule is COc1ccc(Cl)cc1-n1cc(C)nc1NC(C)C. The van der Waals surface area contributed by atoms with Crippen molar-refractivity contribution >= 4 is 17.5 Å². The van der Waals surface area contributed by atoms with Crippen molar-refractivity contribution in [3.8, 4) is 11.4 Å². The Morgan fingerprint density at radius 1 is 1.37 bits per heavy atom. The number of halogens is 1. The van der Waals surface area contributed by atoms with Crippen LogP contribution in [-0.2, 0) is 0 Å². The van der Waals surface area contributed by atoms with Gasteiger partial charge >= 0.3 is 0 Å². The number of imidazole rings is 1. The molecule has 0 bridgehead atoms. The van der Waals surface area contributed by atoms with Gasteiger partial charge in [0.25, 0.3) is 0 Å². The quantitative estimate of drug-likeness (QED) is 0.928. The van der Waals surface area contributed by atoms with Gasteiger partial charge in [0.1, 0.15) is 5.75 Å². The van der Waals surface area contributed by atoms with Crippen molar-refractivity contribution in [2.45, 2.75) is 26.8 Å². The van der Waals surface area contributed by atoms with Gasteiger partial charge in [-0.25, -0.2) is 4.98 Å². The number of aryl methyl sites for hydroxylation is 1. The summed E-state index contributed by atoms with van der Waals surface area (Å²) < 4.78 is 7.35. The van der Waals surface area contributed by atoms with E-state index in [1.807, 2.05) is 35.9 Å². The lowest BCUT2D eigenvalue weighted by Gasteiger charge is -2.15. The zero-order chi connectivity index (χ0) is 14.0. The summed E-state index contributed by atoms with van der Waals surface area (Å²) >= 11 is 6.08. The summed E-state index contributed by atoms with van der Waals surface area (Å²) in [5, 5.41) is 3.98. The predicted molar refractivity (Wildman–Crippen MR) is 78.6 cm³/mol. The van der Waals surface area contributed by atoms with E-state index in [1.165, 1.54) is 0 Å². The molecule has 4 nitrogen and oxygen atoms in total. The van der Waals surface area contributed by atoms with Crippen LogP contribution in [0.3, 0.4) is 0 Å². The van der Waals surface area contributed by atoms with E-state index in [0.29, 0.717) is 11.1 Å².